The van der Waals surface area contributed by atoms with Gasteiger partial charge in [-0.25, -0.2) is 14.8 Å². The fourth-order valence-electron chi connectivity index (χ4n) is 5.27. The molecule has 0 radical (unpaired) electrons. The van der Waals surface area contributed by atoms with E-state index in [0.29, 0.717) is 34.9 Å². The lowest BCUT2D eigenvalue weighted by atomic mass is 10.0. The van der Waals surface area contributed by atoms with Crippen molar-refractivity contribution in [2.45, 2.75) is 44.2 Å². The monoisotopic (exact) mass is 546 g/mol. The van der Waals surface area contributed by atoms with Crippen molar-refractivity contribution >= 4 is 28.7 Å². The van der Waals surface area contributed by atoms with Gasteiger partial charge < -0.3 is 25.5 Å². The van der Waals surface area contributed by atoms with Gasteiger partial charge in [-0.2, -0.15) is 0 Å². The van der Waals surface area contributed by atoms with Crippen molar-refractivity contribution in [3.05, 3.63) is 65.4 Å². The van der Waals surface area contributed by atoms with E-state index in [2.05, 4.69) is 32.1 Å². The number of nitrogens with two attached hydrogens (primary N) is 1. The van der Waals surface area contributed by atoms with Crippen LogP contribution in [-0.4, -0.2) is 51.6 Å². The van der Waals surface area contributed by atoms with Crippen LogP contribution in [0.25, 0.3) is 22.3 Å². The van der Waals surface area contributed by atoms with Crippen LogP contribution in [0.5, 0.6) is 17.4 Å². The van der Waals surface area contributed by atoms with Gasteiger partial charge in [0.05, 0.1) is 10.9 Å². The van der Waals surface area contributed by atoms with Crippen molar-refractivity contribution in [3.63, 3.8) is 0 Å². The smallest absolute Gasteiger partial charge is 0.312 e. The molecule has 4 N–H and O–H groups in total. The molecule has 1 atom stereocenters. The topological polar surface area (TPSA) is 118 Å². The number of halogens is 1. The number of amides is 2. The Hall–Kier alpha value is -3.82. The summed E-state index contributed by atoms with van der Waals surface area (Å²) in [4.78, 5) is 26.0. The summed E-state index contributed by atoms with van der Waals surface area (Å²) in [6.45, 7) is 5.21. The molecule has 2 aliphatic rings. The van der Waals surface area contributed by atoms with Gasteiger partial charge in [0, 0.05) is 16.8 Å². The Morgan fingerprint density at radius 2 is 1.87 bits per heavy atom. The van der Waals surface area contributed by atoms with Crippen LogP contribution < -0.4 is 20.5 Å². The van der Waals surface area contributed by atoms with E-state index in [-0.39, 0.29) is 0 Å². The number of primary amides is 1. The van der Waals surface area contributed by atoms with Crippen molar-refractivity contribution in [1.82, 2.24) is 25.2 Å². The Morgan fingerprint density at radius 3 is 2.56 bits per heavy atom. The Kier molecular flexibility index (Phi) is 6.78. The summed E-state index contributed by atoms with van der Waals surface area (Å²) in [6.07, 6.45) is 5.59. The van der Waals surface area contributed by atoms with E-state index in [1.165, 1.54) is 19.2 Å². The van der Waals surface area contributed by atoms with E-state index >= 15 is 0 Å². The number of ether oxygens (including phenoxy) is 2. The van der Waals surface area contributed by atoms with Gasteiger partial charge in [0.25, 0.3) is 0 Å². The van der Waals surface area contributed by atoms with Crippen LogP contribution in [0.2, 0.25) is 5.02 Å². The number of benzene rings is 2. The van der Waals surface area contributed by atoms with Crippen molar-refractivity contribution in [1.29, 1.82) is 0 Å². The quantitative estimate of drug-likeness (QED) is 0.252. The summed E-state index contributed by atoms with van der Waals surface area (Å²) in [6, 6.07) is 15.3. The summed E-state index contributed by atoms with van der Waals surface area (Å²) in [5.41, 5.74) is 8.24. The average molecular weight is 547 g/mol. The van der Waals surface area contributed by atoms with Gasteiger partial charge in [0.15, 0.2) is 0 Å². The number of aromatic amines is 1. The SMILES string of the molecule is CC(COc1ccc(-c2cc3c(Oc4ccc(C5(NC(N)=O)CC5)c(Cl)c4)ncnc3[nH]2)cc1)N1CCCC1. The molecule has 10 heteroatoms. The maximum Gasteiger partial charge on any atom is 0.312 e. The second-order valence-electron chi connectivity index (χ2n) is 10.4. The zero-order chi connectivity index (χ0) is 27.0. The van der Waals surface area contributed by atoms with E-state index in [9.17, 15) is 4.79 Å². The molecule has 1 saturated heterocycles. The normalized spacial score (nSPS) is 17.2. The fourth-order valence-corrected chi connectivity index (χ4v) is 5.62. The third kappa shape index (κ3) is 5.37. The number of fused-ring (bicyclic) bond motifs is 1. The molecule has 1 aliphatic carbocycles. The zero-order valence-corrected chi connectivity index (χ0v) is 22.5. The predicted molar refractivity (Wildman–Crippen MR) is 150 cm³/mol. The first-order valence-electron chi connectivity index (χ1n) is 13.3. The van der Waals surface area contributed by atoms with Crippen LogP contribution >= 0.6 is 11.6 Å². The summed E-state index contributed by atoms with van der Waals surface area (Å²) in [5, 5.41) is 4.05. The van der Waals surface area contributed by atoms with Gasteiger partial charge in [-0.15, -0.1) is 0 Å². The first-order valence-corrected chi connectivity index (χ1v) is 13.6. The van der Waals surface area contributed by atoms with Crippen molar-refractivity contribution in [2.24, 2.45) is 5.73 Å². The molecule has 1 unspecified atom stereocenters. The summed E-state index contributed by atoms with van der Waals surface area (Å²) < 4.78 is 12.2. The maximum absolute atomic E-state index is 11.4. The van der Waals surface area contributed by atoms with Crippen LogP contribution in [0.15, 0.2) is 54.9 Å². The van der Waals surface area contributed by atoms with E-state index in [1.807, 2.05) is 42.5 Å². The number of aromatic nitrogens is 3. The molecule has 3 heterocycles. The highest BCUT2D eigenvalue weighted by atomic mass is 35.5. The van der Waals surface area contributed by atoms with Crippen LogP contribution in [0.1, 0.15) is 38.2 Å². The number of nitrogens with one attached hydrogen (secondary N) is 2. The fraction of sp³-hybridized carbons (Fsp3) is 0.345. The first-order chi connectivity index (χ1) is 18.9. The number of hydrogen-bond acceptors (Lipinski definition) is 6. The lowest BCUT2D eigenvalue weighted by Gasteiger charge is -2.23. The van der Waals surface area contributed by atoms with Crippen LogP contribution in [0.4, 0.5) is 4.79 Å². The van der Waals surface area contributed by atoms with Gasteiger partial charge in [0.1, 0.15) is 30.1 Å². The van der Waals surface area contributed by atoms with E-state index in [4.69, 9.17) is 26.8 Å². The number of carbonyl (C=O) groups excluding carboxylic acids is 1. The number of rotatable bonds is 9. The Morgan fingerprint density at radius 1 is 1.13 bits per heavy atom. The number of carbonyl (C=O) groups is 1. The summed E-state index contributed by atoms with van der Waals surface area (Å²) in [5.74, 6) is 1.80. The zero-order valence-electron chi connectivity index (χ0n) is 21.7. The van der Waals surface area contributed by atoms with Crippen LogP contribution in [-0.2, 0) is 5.54 Å². The third-order valence-corrected chi connectivity index (χ3v) is 7.91. The highest BCUT2D eigenvalue weighted by Gasteiger charge is 2.46. The summed E-state index contributed by atoms with van der Waals surface area (Å²) in [7, 11) is 0. The van der Waals surface area contributed by atoms with Crippen molar-refractivity contribution < 1.29 is 14.3 Å². The van der Waals surface area contributed by atoms with Gasteiger partial charge in [-0.3, -0.25) is 4.90 Å². The van der Waals surface area contributed by atoms with Crippen LogP contribution in [0, 0.1) is 0 Å². The lowest BCUT2D eigenvalue weighted by molar-refractivity contribution is 0.172. The Balaban J connectivity index is 1.16. The third-order valence-electron chi connectivity index (χ3n) is 7.59. The molecule has 2 fully saturated rings. The molecule has 202 valence electrons. The molecule has 9 nitrogen and oxygen atoms in total. The average Bonchev–Trinajstić information content (AvgIpc) is 3.31. The second kappa shape index (κ2) is 10.4. The first kappa shape index (κ1) is 25.5. The highest BCUT2D eigenvalue weighted by molar-refractivity contribution is 6.31. The number of H-pyrrole nitrogens is 1. The predicted octanol–water partition coefficient (Wildman–Crippen LogP) is 5.59. The minimum absolute atomic E-state index is 0.408. The van der Waals surface area contributed by atoms with Gasteiger partial charge >= 0.3 is 6.03 Å². The molecular weight excluding hydrogens is 516 g/mol. The molecule has 2 amide bonds. The molecule has 2 aromatic heterocycles. The second-order valence-corrected chi connectivity index (χ2v) is 10.8. The van der Waals surface area contributed by atoms with Gasteiger partial charge in [-0.05, 0) is 99.3 Å². The van der Waals surface area contributed by atoms with E-state index in [1.54, 1.807) is 6.07 Å². The molecule has 4 aromatic rings. The van der Waals surface area contributed by atoms with Crippen LogP contribution in [0.3, 0.4) is 0 Å². The minimum Gasteiger partial charge on any atom is -0.492 e. The number of likely N-dealkylation sites (tertiary alicyclic amines) is 1. The van der Waals surface area contributed by atoms with E-state index in [0.717, 1.165) is 53.9 Å². The molecule has 0 bridgehead atoms. The minimum atomic E-state index is -0.565. The summed E-state index contributed by atoms with van der Waals surface area (Å²) >= 11 is 6.57. The molecule has 6 rings (SSSR count). The Labute approximate surface area is 231 Å². The molecule has 39 heavy (non-hydrogen) atoms. The maximum atomic E-state index is 11.4. The number of hydrogen-bond donors (Lipinski definition) is 3. The Bertz CT molecular complexity index is 1490. The van der Waals surface area contributed by atoms with Gasteiger partial charge in [-0.1, -0.05) is 17.7 Å². The number of urea groups is 1. The van der Waals surface area contributed by atoms with Gasteiger partial charge in [0.2, 0.25) is 5.88 Å². The molecule has 1 saturated carbocycles. The van der Waals surface area contributed by atoms with E-state index < -0.39 is 11.6 Å². The standard InChI is InChI=1S/C29H31ClN6O3/c1-18(36-12-2-3-13-36)16-38-20-6-4-19(5-7-20)25-15-22-26(34-25)32-17-33-27(22)39-21-8-9-23(24(30)14-21)29(10-11-29)35-28(31)37/h4-9,14-15,17-18H,2-3,10-13,16H2,1H3,(H3,31,35,37)(H,32,33,34). The van der Waals surface area contributed by atoms with Crippen molar-refractivity contribution in [2.75, 3.05) is 19.7 Å². The molecule has 2 aromatic carbocycles. The largest absolute Gasteiger partial charge is 0.492 e. The molecule has 0 spiro atoms. The number of nitrogens with zero attached hydrogens (tertiary/aromatic N) is 3. The van der Waals surface area contributed by atoms with Crippen molar-refractivity contribution in [3.8, 4) is 28.6 Å². The lowest BCUT2D eigenvalue weighted by Crippen LogP contribution is -2.38. The highest BCUT2D eigenvalue weighted by Crippen LogP contribution is 2.48. The molecular formula is C29H31ClN6O3. The molecule has 1 aliphatic heterocycles.